The summed E-state index contributed by atoms with van der Waals surface area (Å²) in [7, 11) is -4.05. The largest absolute Gasteiger partial charge is 0.299 e. The van der Waals surface area contributed by atoms with E-state index in [9.17, 15) is 13.2 Å². The van der Waals surface area contributed by atoms with Crippen LogP contribution in [0.4, 0.5) is 10.8 Å². The van der Waals surface area contributed by atoms with Gasteiger partial charge in [-0.1, -0.05) is 78.3 Å². The number of hydrogen-bond donors (Lipinski definition) is 1. The van der Waals surface area contributed by atoms with Crippen LogP contribution < -0.4 is 9.62 Å². The molecular weight excluding hydrogens is 511 g/mol. The summed E-state index contributed by atoms with van der Waals surface area (Å²) in [6.07, 6.45) is 0. The van der Waals surface area contributed by atoms with Crippen molar-refractivity contribution in [2.75, 3.05) is 21.9 Å². The SMILES string of the molecule is CC(C)CSc1nnc(NC(=O)CN(c2ccc(Cl)c(Cl)c2)S(=O)(=O)c2ccccc2)s1. The molecule has 32 heavy (non-hydrogen) atoms. The van der Waals surface area contributed by atoms with E-state index < -0.39 is 22.5 Å². The summed E-state index contributed by atoms with van der Waals surface area (Å²) in [6, 6.07) is 12.2. The first-order valence-electron chi connectivity index (χ1n) is 9.46. The molecule has 0 spiro atoms. The maximum atomic E-state index is 13.3. The van der Waals surface area contributed by atoms with Gasteiger partial charge < -0.3 is 0 Å². The Bertz CT molecular complexity index is 1190. The van der Waals surface area contributed by atoms with Crippen LogP contribution in [-0.2, 0) is 14.8 Å². The average molecular weight is 532 g/mol. The third-order valence-corrected chi connectivity index (χ3v) is 8.93. The molecule has 3 rings (SSSR count). The Balaban J connectivity index is 1.84. The van der Waals surface area contributed by atoms with Gasteiger partial charge in [-0.3, -0.25) is 14.4 Å². The number of nitrogens with one attached hydrogen (secondary N) is 1. The molecule has 0 saturated carbocycles. The number of amides is 1. The summed E-state index contributed by atoms with van der Waals surface area (Å²) in [5.74, 6) is 0.806. The van der Waals surface area contributed by atoms with E-state index >= 15 is 0 Å². The van der Waals surface area contributed by atoms with Crippen LogP contribution in [0.5, 0.6) is 0 Å². The first kappa shape index (κ1) is 24.8. The number of thioether (sulfide) groups is 1. The molecule has 2 aromatic carbocycles. The second kappa shape index (κ2) is 10.8. The summed E-state index contributed by atoms with van der Waals surface area (Å²) in [5, 5.41) is 11.4. The van der Waals surface area contributed by atoms with Gasteiger partial charge >= 0.3 is 0 Å². The summed E-state index contributed by atoms with van der Waals surface area (Å²) in [5.41, 5.74) is 0.212. The molecule has 12 heteroatoms. The molecule has 0 aliphatic carbocycles. The molecule has 0 bridgehead atoms. The first-order chi connectivity index (χ1) is 15.2. The molecule has 0 unspecified atom stereocenters. The van der Waals surface area contributed by atoms with Crippen LogP contribution >= 0.6 is 46.3 Å². The summed E-state index contributed by atoms with van der Waals surface area (Å²) < 4.78 is 28.3. The molecular formula is C20H20Cl2N4O3S3. The highest BCUT2D eigenvalue weighted by molar-refractivity contribution is 8.01. The first-order valence-corrected chi connectivity index (χ1v) is 13.5. The van der Waals surface area contributed by atoms with Gasteiger partial charge in [0.15, 0.2) is 4.34 Å². The second-order valence-corrected chi connectivity index (χ2v) is 12.0. The van der Waals surface area contributed by atoms with Gasteiger partial charge in [0.1, 0.15) is 6.54 Å². The standard InChI is InChI=1S/C20H20Cl2N4O3S3/c1-13(2)12-30-20-25-24-19(31-20)23-18(27)11-26(14-8-9-16(21)17(22)10-14)32(28,29)15-6-4-3-5-7-15/h3-10,13H,11-12H2,1-2H3,(H,23,24,27). The molecule has 0 aliphatic rings. The number of anilines is 2. The lowest BCUT2D eigenvalue weighted by Gasteiger charge is -2.24. The van der Waals surface area contributed by atoms with Crippen molar-refractivity contribution in [2.45, 2.75) is 23.1 Å². The van der Waals surface area contributed by atoms with Gasteiger partial charge in [-0.25, -0.2) is 8.42 Å². The zero-order valence-corrected chi connectivity index (χ0v) is 21.1. The molecule has 1 N–H and O–H groups in total. The predicted octanol–water partition coefficient (Wildman–Crippen LogP) is 5.43. The maximum Gasteiger partial charge on any atom is 0.264 e. The minimum atomic E-state index is -4.05. The van der Waals surface area contributed by atoms with Crippen LogP contribution in [0, 0.1) is 5.92 Å². The number of benzene rings is 2. The van der Waals surface area contributed by atoms with Gasteiger partial charge in [0, 0.05) is 5.75 Å². The fourth-order valence-electron chi connectivity index (χ4n) is 2.52. The maximum absolute atomic E-state index is 13.3. The van der Waals surface area contributed by atoms with Crippen molar-refractivity contribution in [2.24, 2.45) is 5.92 Å². The van der Waals surface area contributed by atoms with Gasteiger partial charge in [0.05, 0.1) is 20.6 Å². The van der Waals surface area contributed by atoms with E-state index in [1.807, 2.05) is 0 Å². The van der Waals surface area contributed by atoms with Crippen LogP contribution in [0.1, 0.15) is 13.8 Å². The van der Waals surface area contributed by atoms with Crippen LogP contribution in [0.2, 0.25) is 10.0 Å². The Kier molecular flexibility index (Phi) is 8.40. The zero-order valence-electron chi connectivity index (χ0n) is 17.2. The molecule has 170 valence electrons. The third kappa shape index (κ3) is 6.35. The van der Waals surface area contributed by atoms with Crippen molar-refractivity contribution in [3.05, 3.63) is 58.6 Å². The molecule has 0 radical (unpaired) electrons. The molecule has 0 aliphatic heterocycles. The highest BCUT2D eigenvalue weighted by atomic mass is 35.5. The number of carbonyl (C=O) groups is 1. The number of halogens is 2. The second-order valence-electron chi connectivity index (χ2n) is 7.05. The van der Waals surface area contributed by atoms with Crippen molar-refractivity contribution in [1.29, 1.82) is 0 Å². The van der Waals surface area contributed by atoms with E-state index in [1.54, 1.807) is 30.0 Å². The van der Waals surface area contributed by atoms with Crippen LogP contribution in [0.15, 0.2) is 57.8 Å². The van der Waals surface area contributed by atoms with E-state index in [-0.39, 0.29) is 20.6 Å². The number of aromatic nitrogens is 2. The minimum Gasteiger partial charge on any atom is -0.299 e. The van der Waals surface area contributed by atoms with Crippen molar-refractivity contribution in [3.8, 4) is 0 Å². The van der Waals surface area contributed by atoms with Crippen LogP contribution in [0.25, 0.3) is 0 Å². The topological polar surface area (TPSA) is 92.3 Å². The third-order valence-electron chi connectivity index (χ3n) is 4.00. The lowest BCUT2D eigenvalue weighted by Crippen LogP contribution is -2.38. The Labute approximate surface area is 205 Å². The van der Waals surface area contributed by atoms with E-state index in [4.69, 9.17) is 23.2 Å². The Morgan fingerprint density at radius 3 is 2.50 bits per heavy atom. The quantitative estimate of drug-likeness (QED) is 0.293. The summed E-state index contributed by atoms with van der Waals surface area (Å²) >= 11 is 14.9. The molecule has 7 nitrogen and oxygen atoms in total. The van der Waals surface area contributed by atoms with Gasteiger partial charge in [0.25, 0.3) is 10.0 Å². The number of carbonyl (C=O) groups excluding carboxylic acids is 1. The number of sulfonamides is 1. The van der Waals surface area contributed by atoms with Crippen molar-refractivity contribution >= 4 is 73.0 Å². The predicted molar refractivity (Wildman–Crippen MR) is 132 cm³/mol. The smallest absolute Gasteiger partial charge is 0.264 e. The van der Waals surface area contributed by atoms with Crippen molar-refractivity contribution in [3.63, 3.8) is 0 Å². The number of hydrogen-bond acceptors (Lipinski definition) is 7. The minimum absolute atomic E-state index is 0.0437. The van der Waals surface area contributed by atoms with Crippen LogP contribution in [0.3, 0.4) is 0 Å². The lowest BCUT2D eigenvalue weighted by atomic mass is 10.3. The fourth-order valence-corrected chi connectivity index (χ4v) is 5.99. The summed E-state index contributed by atoms with van der Waals surface area (Å²) in [4.78, 5) is 12.8. The molecule has 0 fully saturated rings. The summed E-state index contributed by atoms with van der Waals surface area (Å²) in [6.45, 7) is 3.71. The number of nitrogens with zero attached hydrogens (tertiary/aromatic N) is 3. The van der Waals surface area contributed by atoms with Gasteiger partial charge in [-0.05, 0) is 36.2 Å². The van der Waals surface area contributed by atoms with E-state index in [0.29, 0.717) is 11.0 Å². The van der Waals surface area contributed by atoms with Gasteiger partial charge in [-0.2, -0.15) is 0 Å². The molecule has 1 aromatic heterocycles. The van der Waals surface area contributed by atoms with Crippen molar-refractivity contribution in [1.82, 2.24) is 10.2 Å². The lowest BCUT2D eigenvalue weighted by molar-refractivity contribution is -0.114. The molecule has 0 atom stereocenters. The molecule has 1 amide bonds. The molecule has 1 heterocycles. The van der Waals surface area contributed by atoms with E-state index in [2.05, 4.69) is 29.4 Å². The fraction of sp³-hybridized carbons (Fsp3) is 0.250. The number of rotatable bonds is 9. The monoisotopic (exact) mass is 530 g/mol. The van der Waals surface area contributed by atoms with Gasteiger partial charge in [-0.15, -0.1) is 10.2 Å². The highest BCUT2D eigenvalue weighted by Gasteiger charge is 2.28. The van der Waals surface area contributed by atoms with E-state index in [0.717, 1.165) is 14.4 Å². The highest BCUT2D eigenvalue weighted by Crippen LogP contribution is 2.31. The van der Waals surface area contributed by atoms with Crippen LogP contribution in [-0.4, -0.2) is 36.8 Å². The Hall–Kier alpha value is -1.85. The normalized spacial score (nSPS) is 11.5. The Morgan fingerprint density at radius 1 is 1.12 bits per heavy atom. The van der Waals surface area contributed by atoms with Crippen molar-refractivity contribution < 1.29 is 13.2 Å². The van der Waals surface area contributed by atoms with Gasteiger partial charge in [0.2, 0.25) is 11.0 Å². The Morgan fingerprint density at radius 2 is 1.84 bits per heavy atom. The average Bonchev–Trinajstić information content (AvgIpc) is 3.20. The zero-order chi connectivity index (χ0) is 23.3. The molecule has 3 aromatic rings. The molecule has 0 saturated heterocycles. The van der Waals surface area contributed by atoms with E-state index in [1.165, 1.54) is 41.7 Å².